The maximum Gasteiger partial charge on any atom is 0.279 e. The number of hydrogen-bond donors (Lipinski definition) is 4. The second-order valence-electron chi connectivity index (χ2n) is 7.33. The zero-order chi connectivity index (χ0) is 20.6. The first-order valence-electron chi connectivity index (χ1n) is 10.1. The van der Waals surface area contributed by atoms with E-state index in [-0.39, 0.29) is 24.9 Å². The standard InChI is InChI=1S/C23H28N4O2/c1-3-17-8-4-6-10-20(17)26-23(29)16-27(2)15-22(28)24-13-12-18-14-25-21-11-7-5-9-19(18)21/h4-11,14,25H,3,12-13,15-16H2,1-2H3,(H,24,28)(H,26,29)/p+1. The number of aromatic nitrogens is 1. The van der Waals surface area contributed by atoms with Crippen molar-refractivity contribution in [3.63, 3.8) is 0 Å². The number of benzene rings is 2. The van der Waals surface area contributed by atoms with E-state index in [1.807, 2.05) is 55.7 Å². The number of carbonyl (C=O) groups is 2. The third kappa shape index (κ3) is 5.68. The summed E-state index contributed by atoms with van der Waals surface area (Å²) in [6.07, 6.45) is 3.62. The number of aromatic amines is 1. The number of fused-ring (bicyclic) bond motifs is 1. The van der Waals surface area contributed by atoms with E-state index in [2.05, 4.69) is 28.6 Å². The third-order valence-corrected chi connectivity index (χ3v) is 4.99. The zero-order valence-electron chi connectivity index (χ0n) is 17.0. The molecule has 6 nitrogen and oxygen atoms in total. The minimum absolute atomic E-state index is 0.0518. The van der Waals surface area contributed by atoms with Crippen molar-refractivity contribution in [1.82, 2.24) is 10.3 Å². The Bertz CT molecular complexity index is 980. The van der Waals surface area contributed by atoms with E-state index in [0.29, 0.717) is 6.54 Å². The Balaban J connectivity index is 1.41. The molecule has 2 aromatic carbocycles. The van der Waals surface area contributed by atoms with E-state index in [0.717, 1.165) is 34.5 Å². The van der Waals surface area contributed by atoms with Gasteiger partial charge in [-0.3, -0.25) is 9.59 Å². The van der Waals surface area contributed by atoms with Crippen molar-refractivity contribution in [3.05, 3.63) is 65.9 Å². The molecule has 0 aliphatic carbocycles. The number of rotatable bonds is 9. The van der Waals surface area contributed by atoms with E-state index in [1.165, 1.54) is 10.9 Å². The fourth-order valence-electron chi connectivity index (χ4n) is 3.49. The highest BCUT2D eigenvalue weighted by Crippen LogP contribution is 2.17. The maximum absolute atomic E-state index is 12.3. The Hall–Kier alpha value is -3.12. The molecule has 0 aliphatic rings. The summed E-state index contributed by atoms with van der Waals surface area (Å²) in [6, 6.07) is 15.9. The molecule has 0 saturated heterocycles. The summed E-state index contributed by atoms with van der Waals surface area (Å²) >= 11 is 0. The van der Waals surface area contributed by atoms with Crippen LogP contribution in [0.5, 0.6) is 0 Å². The molecule has 1 unspecified atom stereocenters. The highest BCUT2D eigenvalue weighted by molar-refractivity contribution is 5.92. The average molecular weight is 394 g/mol. The fourth-order valence-corrected chi connectivity index (χ4v) is 3.49. The number of quaternary nitrogens is 1. The van der Waals surface area contributed by atoms with Gasteiger partial charge in [0.1, 0.15) is 0 Å². The number of H-pyrrole nitrogens is 1. The summed E-state index contributed by atoms with van der Waals surface area (Å²) in [5.74, 6) is -0.140. The Morgan fingerprint density at radius 2 is 1.69 bits per heavy atom. The van der Waals surface area contributed by atoms with Crippen LogP contribution in [0.25, 0.3) is 10.9 Å². The number of para-hydroxylation sites is 2. The lowest BCUT2D eigenvalue weighted by Crippen LogP contribution is -3.11. The van der Waals surface area contributed by atoms with Crippen LogP contribution in [0, 0.1) is 0 Å². The lowest BCUT2D eigenvalue weighted by Gasteiger charge is -2.15. The Labute approximate surface area is 171 Å². The predicted octanol–water partition coefficient (Wildman–Crippen LogP) is 1.54. The van der Waals surface area contributed by atoms with Crippen LogP contribution < -0.4 is 15.5 Å². The van der Waals surface area contributed by atoms with Crippen LogP contribution in [0.3, 0.4) is 0 Å². The molecule has 152 valence electrons. The van der Waals surface area contributed by atoms with Gasteiger partial charge >= 0.3 is 0 Å². The van der Waals surface area contributed by atoms with Crippen LogP contribution in [-0.4, -0.2) is 43.5 Å². The molecular formula is C23H29N4O2+. The molecule has 0 radical (unpaired) electrons. The largest absolute Gasteiger partial charge is 0.361 e. The molecule has 3 rings (SSSR count). The quantitative estimate of drug-likeness (QED) is 0.445. The molecule has 1 aromatic heterocycles. The van der Waals surface area contributed by atoms with Crippen molar-refractivity contribution in [2.75, 3.05) is 32.0 Å². The van der Waals surface area contributed by atoms with Crippen molar-refractivity contribution in [3.8, 4) is 0 Å². The van der Waals surface area contributed by atoms with Crippen molar-refractivity contribution in [2.24, 2.45) is 0 Å². The fraction of sp³-hybridized carbons (Fsp3) is 0.304. The predicted molar refractivity (Wildman–Crippen MR) is 116 cm³/mol. The Morgan fingerprint density at radius 3 is 2.52 bits per heavy atom. The number of anilines is 1. The number of nitrogens with one attached hydrogen (secondary N) is 4. The van der Waals surface area contributed by atoms with Crippen molar-refractivity contribution >= 4 is 28.4 Å². The molecule has 4 N–H and O–H groups in total. The van der Waals surface area contributed by atoms with Gasteiger partial charge in [0, 0.05) is 29.3 Å². The molecule has 2 amide bonds. The number of likely N-dealkylation sites (N-methyl/N-ethyl adjacent to an activating group) is 1. The first-order chi connectivity index (χ1) is 14.1. The van der Waals surface area contributed by atoms with Gasteiger partial charge in [0.15, 0.2) is 13.1 Å². The Morgan fingerprint density at radius 1 is 0.966 bits per heavy atom. The summed E-state index contributed by atoms with van der Waals surface area (Å²) in [5, 5.41) is 7.09. The molecule has 29 heavy (non-hydrogen) atoms. The first-order valence-corrected chi connectivity index (χ1v) is 10.1. The van der Waals surface area contributed by atoms with Gasteiger partial charge in [-0.2, -0.15) is 0 Å². The summed E-state index contributed by atoms with van der Waals surface area (Å²) in [4.78, 5) is 28.6. The number of amides is 2. The second-order valence-corrected chi connectivity index (χ2v) is 7.33. The molecule has 1 atom stereocenters. The second kappa shape index (κ2) is 9.89. The topological polar surface area (TPSA) is 78.4 Å². The molecule has 0 fully saturated rings. The summed E-state index contributed by atoms with van der Waals surface area (Å²) in [5.41, 5.74) is 4.24. The number of aryl methyl sites for hydroxylation is 1. The Kier molecular flexibility index (Phi) is 7.03. The van der Waals surface area contributed by atoms with E-state index in [4.69, 9.17) is 0 Å². The lowest BCUT2D eigenvalue weighted by atomic mass is 10.1. The highest BCUT2D eigenvalue weighted by Gasteiger charge is 2.15. The number of hydrogen-bond acceptors (Lipinski definition) is 2. The minimum Gasteiger partial charge on any atom is -0.361 e. The van der Waals surface area contributed by atoms with Crippen molar-refractivity contribution in [1.29, 1.82) is 0 Å². The van der Waals surface area contributed by atoms with Crippen LogP contribution in [-0.2, 0) is 22.4 Å². The zero-order valence-corrected chi connectivity index (χ0v) is 17.0. The lowest BCUT2D eigenvalue weighted by molar-refractivity contribution is -0.862. The van der Waals surface area contributed by atoms with E-state index >= 15 is 0 Å². The minimum atomic E-state index is -0.0880. The van der Waals surface area contributed by atoms with E-state index in [1.54, 1.807) is 0 Å². The summed E-state index contributed by atoms with van der Waals surface area (Å²) in [7, 11) is 1.85. The molecule has 0 spiro atoms. The van der Waals surface area contributed by atoms with Gasteiger partial charge in [-0.15, -0.1) is 0 Å². The first kappa shape index (κ1) is 20.6. The maximum atomic E-state index is 12.3. The van der Waals surface area contributed by atoms with Gasteiger partial charge in [-0.1, -0.05) is 43.3 Å². The van der Waals surface area contributed by atoms with Gasteiger partial charge in [-0.25, -0.2) is 0 Å². The number of carbonyl (C=O) groups excluding carboxylic acids is 2. The molecule has 6 heteroatoms. The van der Waals surface area contributed by atoms with Gasteiger partial charge < -0.3 is 20.5 Å². The molecular weight excluding hydrogens is 364 g/mol. The molecule has 1 heterocycles. The van der Waals surface area contributed by atoms with E-state index in [9.17, 15) is 9.59 Å². The van der Waals surface area contributed by atoms with Gasteiger partial charge in [0.05, 0.1) is 7.05 Å². The van der Waals surface area contributed by atoms with Gasteiger partial charge in [0.2, 0.25) is 0 Å². The van der Waals surface area contributed by atoms with Gasteiger partial charge in [0.25, 0.3) is 11.8 Å². The van der Waals surface area contributed by atoms with Crippen LogP contribution in [0.2, 0.25) is 0 Å². The summed E-state index contributed by atoms with van der Waals surface area (Å²) in [6.45, 7) is 3.14. The van der Waals surface area contributed by atoms with Crippen LogP contribution in [0.1, 0.15) is 18.1 Å². The third-order valence-electron chi connectivity index (χ3n) is 4.99. The molecule has 0 aliphatic heterocycles. The molecule has 0 bridgehead atoms. The monoisotopic (exact) mass is 393 g/mol. The van der Waals surface area contributed by atoms with Gasteiger partial charge in [-0.05, 0) is 36.1 Å². The summed E-state index contributed by atoms with van der Waals surface area (Å²) < 4.78 is 0. The molecule has 3 aromatic rings. The molecule has 0 saturated carbocycles. The average Bonchev–Trinajstić information content (AvgIpc) is 3.11. The van der Waals surface area contributed by atoms with E-state index < -0.39 is 0 Å². The van der Waals surface area contributed by atoms with Crippen molar-refractivity contribution in [2.45, 2.75) is 19.8 Å². The normalized spacial score (nSPS) is 11.9. The SMILES string of the molecule is CCc1ccccc1NC(=O)C[NH+](C)CC(=O)NCCc1c[nH]c2ccccc12. The van der Waals surface area contributed by atoms with Crippen LogP contribution >= 0.6 is 0 Å². The van der Waals surface area contributed by atoms with Crippen LogP contribution in [0.4, 0.5) is 5.69 Å². The smallest absolute Gasteiger partial charge is 0.279 e. The van der Waals surface area contributed by atoms with Crippen LogP contribution in [0.15, 0.2) is 54.7 Å². The highest BCUT2D eigenvalue weighted by atomic mass is 16.2. The van der Waals surface area contributed by atoms with Crippen molar-refractivity contribution < 1.29 is 14.5 Å².